The van der Waals surface area contributed by atoms with E-state index in [4.69, 9.17) is 17.3 Å². The van der Waals surface area contributed by atoms with E-state index in [1.807, 2.05) is 28.5 Å². The largest absolute Gasteiger partial charge is 0.366 e. The summed E-state index contributed by atoms with van der Waals surface area (Å²) < 4.78 is 2.02. The van der Waals surface area contributed by atoms with Crippen molar-refractivity contribution in [1.29, 1.82) is 0 Å². The van der Waals surface area contributed by atoms with Crippen LogP contribution in [0.5, 0.6) is 0 Å². The van der Waals surface area contributed by atoms with Gasteiger partial charge in [-0.3, -0.25) is 9.59 Å². The van der Waals surface area contributed by atoms with Crippen molar-refractivity contribution in [3.8, 4) is 0 Å². The topological polar surface area (TPSA) is 68.3 Å². The molecule has 2 heterocycles. The Labute approximate surface area is 133 Å². The number of halogens is 1. The van der Waals surface area contributed by atoms with Gasteiger partial charge in [0.25, 0.3) is 5.91 Å². The molecular weight excluding hydrogens is 302 g/mol. The molecule has 1 aliphatic heterocycles. The highest BCUT2D eigenvalue weighted by Gasteiger charge is 2.29. The quantitative estimate of drug-likeness (QED) is 0.924. The van der Waals surface area contributed by atoms with Gasteiger partial charge in [0, 0.05) is 29.9 Å². The number of carbonyl (C=O) groups excluding carboxylic acids is 2. The highest BCUT2D eigenvalue weighted by molar-refractivity contribution is 6.29. The Kier molecular flexibility index (Phi) is 3.66. The molecule has 1 aromatic carbocycles. The molecule has 0 saturated heterocycles. The first-order valence-corrected chi connectivity index (χ1v) is 7.42. The Morgan fingerprint density at radius 3 is 2.36 bits per heavy atom. The van der Waals surface area contributed by atoms with E-state index in [2.05, 4.69) is 0 Å². The van der Waals surface area contributed by atoms with E-state index < -0.39 is 5.91 Å². The third kappa shape index (κ3) is 2.37. The lowest BCUT2D eigenvalue weighted by Gasteiger charge is -2.35. The summed E-state index contributed by atoms with van der Waals surface area (Å²) in [7, 11) is 0. The predicted molar refractivity (Wildman–Crippen MR) is 83.9 cm³/mol. The maximum atomic E-state index is 12.7. The van der Waals surface area contributed by atoms with Crippen LogP contribution in [0.4, 0.5) is 0 Å². The van der Waals surface area contributed by atoms with Gasteiger partial charge in [0.05, 0.1) is 6.04 Å². The summed E-state index contributed by atoms with van der Waals surface area (Å²) in [5, 5.41) is 0.694. The summed E-state index contributed by atoms with van der Waals surface area (Å²) in [6.45, 7) is 3.26. The van der Waals surface area contributed by atoms with Gasteiger partial charge in [0.1, 0.15) is 5.15 Å². The van der Waals surface area contributed by atoms with Crippen LogP contribution >= 0.6 is 11.6 Å². The second-order valence-corrected chi connectivity index (χ2v) is 5.74. The Hall–Kier alpha value is -2.27. The van der Waals surface area contributed by atoms with Gasteiger partial charge < -0.3 is 15.2 Å². The van der Waals surface area contributed by atoms with Crippen molar-refractivity contribution in [2.45, 2.75) is 19.5 Å². The van der Waals surface area contributed by atoms with Crippen molar-refractivity contribution in [2.75, 3.05) is 6.54 Å². The van der Waals surface area contributed by atoms with Gasteiger partial charge in [-0.2, -0.15) is 0 Å². The van der Waals surface area contributed by atoms with Crippen LogP contribution in [0.25, 0.3) is 0 Å². The Morgan fingerprint density at radius 2 is 1.73 bits per heavy atom. The van der Waals surface area contributed by atoms with Crippen LogP contribution in [0, 0.1) is 0 Å². The minimum atomic E-state index is -0.502. The zero-order chi connectivity index (χ0) is 15.9. The minimum absolute atomic E-state index is 0.0513. The van der Waals surface area contributed by atoms with Crippen molar-refractivity contribution in [2.24, 2.45) is 5.73 Å². The Balaban J connectivity index is 1.85. The molecule has 22 heavy (non-hydrogen) atoms. The molecule has 0 saturated carbocycles. The first kappa shape index (κ1) is 14.7. The van der Waals surface area contributed by atoms with Gasteiger partial charge >= 0.3 is 0 Å². The zero-order valence-electron chi connectivity index (χ0n) is 12.1. The van der Waals surface area contributed by atoms with E-state index >= 15 is 0 Å². The molecule has 0 aliphatic carbocycles. The van der Waals surface area contributed by atoms with Crippen LogP contribution in [0.2, 0.25) is 5.15 Å². The maximum Gasteiger partial charge on any atom is 0.254 e. The van der Waals surface area contributed by atoms with Crippen LogP contribution in [0.3, 0.4) is 0 Å². The van der Waals surface area contributed by atoms with Crippen LogP contribution in [0.1, 0.15) is 39.4 Å². The standard InChI is InChI=1S/C16H16ClN3O2/c1-10-13-6-7-14(17)20(13)9-8-19(10)16(22)12-4-2-11(3-5-12)15(18)21/h2-7,10H,8-9H2,1H3,(H2,18,21). The molecule has 1 atom stereocenters. The Morgan fingerprint density at radius 1 is 1.09 bits per heavy atom. The molecule has 6 heteroatoms. The van der Waals surface area contributed by atoms with Gasteiger partial charge in [0.15, 0.2) is 0 Å². The molecule has 5 nitrogen and oxygen atoms in total. The smallest absolute Gasteiger partial charge is 0.254 e. The number of nitrogens with zero attached hydrogens (tertiary/aromatic N) is 2. The predicted octanol–water partition coefficient (Wildman–Crippen LogP) is 2.46. The number of benzene rings is 1. The molecule has 114 valence electrons. The van der Waals surface area contributed by atoms with E-state index in [9.17, 15) is 9.59 Å². The van der Waals surface area contributed by atoms with Crippen molar-refractivity contribution in [3.05, 3.63) is 58.4 Å². The molecule has 0 fully saturated rings. The number of fused-ring (bicyclic) bond motifs is 1. The first-order valence-electron chi connectivity index (χ1n) is 7.05. The van der Waals surface area contributed by atoms with Crippen molar-refractivity contribution in [3.63, 3.8) is 0 Å². The normalized spacial score (nSPS) is 17.2. The number of amides is 2. The lowest BCUT2D eigenvalue weighted by Crippen LogP contribution is -2.40. The highest BCUT2D eigenvalue weighted by Crippen LogP contribution is 2.30. The third-order valence-corrected chi connectivity index (χ3v) is 4.43. The average Bonchev–Trinajstić information content (AvgIpc) is 2.89. The maximum absolute atomic E-state index is 12.7. The molecule has 1 aliphatic rings. The number of rotatable bonds is 2. The van der Waals surface area contributed by atoms with Gasteiger partial charge in [-0.1, -0.05) is 11.6 Å². The van der Waals surface area contributed by atoms with E-state index in [1.54, 1.807) is 24.3 Å². The van der Waals surface area contributed by atoms with Crippen LogP contribution < -0.4 is 5.73 Å². The molecule has 2 amide bonds. The lowest BCUT2D eigenvalue weighted by atomic mass is 10.1. The number of aromatic nitrogens is 1. The first-order chi connectivity index (χ1) is 10.5. The summed E-state index contributed by atoms with van der Waals surface area (Å²) in [6, 6.07) is 10.2. The van der Waals surface area contributed by atoms with E-state index in [-0.39, 0.29) is 11.9 Å². The molecule has 1 unspecified atom stereocenters. The molecule has 0 bridgehead atoms. The molecule has 2 N–H and O–H groups in total. The van der Waals surface area contributed by atoms with E-state index in [0.29, 0.717) is 29.4 Å². The SMILES string of the molecule is CC1c2ccc(Cl)n2CCN1C(=O)c1ccc(C(N)=O)cc1. The second kappa shape index (κ2) is 5.50. The van der Waals surface area contributed by atoms with Gasteiger partial charge in [-0.05, 0) is 43.3 Å². The number of carbonyl (C=O) groups is 2. The number of hydrogen-bond donors (Lipinski definition) is 1. The summed E-state index contributed by atoms with van der Waals surface area (Å²) in [6.07, 6.45) is 0. The molecule has 1 aromatic heterocycles. The fourth-order valence-electron chi connectivity index (χ4n) is 2.84. The summed E-state index contributed by atoms with van der Waals surface area (Å²) in [4.78, 5) is 25.6. The van der Waals surface area contributed by atoms with Crippen LogP contribution in [0.15, 0.2) is 36.4 Å². The Bertz CT molecular complexity index is 736. The summed E-state index contributed by atoms with van der Waals surface area (Å²) >= 11 is 6.13. The minimum Gasteiger partial charge on any atom is -0.366 e. The molecular formula is C16H16ClN3O2. The van der Waals surface area contributed by atoms with Crippen molar-refractivity contribution in [1.82, 2.24) is 9.47 Å². The number of primary amides is 1. The average molecular weight is 318 g/mol. The fraction of sp³-hybridized carbons (Fsp3) is 0.250. The monoisotopic (exact) mass is 317 g/mol. The molecule has 2 aromatic rings. The van der Waals surface area contributed by atoms with E-state index in [1.165, 1.54) is 0 Å². The highest BCUT2D eigenvalue weighted by atomic mass is 35.5. The molecule has 0 spiro atoms. The van der Waals surface area contributed by atoms with E-state index in [0.717, 1.165) is 5.69 Å². The number of hydrogen-bond acceptors (Lipinski definition) is 2. The number of nitrogens with two attached hydrogens (primary N) is 1. The third-order valence-electron chi connectivity index (χ3n) is 4.10. The summed E-state index contributed by atoms with van der Waals surface area (Å²) in [5.41, 5.74) is 7.17. The lowest BCUT2D eigenvalue weighted by molar-refractivity contribution is 0.0643. The molecule has 0 radical (unpaired) electrons. The van der Waals surface area contributed by atoms with Crippen molar-refractivity contribution < 1.29 is 9.59 Å². The van der Waals surface area contributed by atoms with Gasteiger partial charge in [-0.15, -0.1) is 0 Å². The van der Waals surface area contributed by atoms with Crippen molar-refractivity contribution >= 4 is 23.4 Å². The van der Waals surface area contributed by atoms with Gasteiger partial charge in [0.2, 0.25) is 5.91 Å². The van der Waals surface area contributed by atoms with Crippen LogP contribution in [-0.2, 0) is 6.54 Å². The van der Waals surface area contributed by atoms with Gasteiger partial charge in [-0.25, -0.2) is 0 Å². The zero-order valence-corrected chi connectivity index (χ0v) is 12.9. The second-order valence-electron chi connectivity index (χ2n) is 5.35. The summed E-state index contributed by atoms with van der Waals surface area (Å²) in [5.74, 6) is -0.565. The van der Waals surface area contributed by atoms with Crippen LogP contribution in [-0.4, -0.2) is 27.8 Å². The molecule has 3 rings (SSSR count). The fourth-order valence-corrected chi connectivity index (χ4v) is 3.08.